The molecule has 0 N–H and O–H groups in total. The van der Waals surface area contributed by atoms with Crippen LogP contribution in [-0.4, -0.2) is 40.6 Å². The number of carbonyl (C=O) groups is 2. The van der Waals surface area contributed by atoms with Gasteiger partial charge in [-0.1, -0.05) is 24.3 Å². The molecule has 1 aromatic heterocycles. The molecule has 0 spiro atoms. The maximum atomic E-state index is 13.5. The highest BCUT2D eigenvalue weighted by molar-refractivity contribution is 7.90. The minimum atomic E-state index is -4.61. The average Bonchev–Trinajstić information content (AvgIpc) is 3.33. The number of benzene rings is 3. The SMILES string of the molecule is O=C1c2ccccc2C(=O)N1CCc1nc2ccccc2n1S(=O)(=O)c1ccc(C(F)(F)F)cc1. The van der Waals surface area contributed by atoms with E-state index in [0.29, 0.717) is 17.6 Å². The van der Waals surface area contributed by atoms with Crippen molar-refractivity contribution in [1.82, 2.24) is 13.9 Å². The van der Waals surface area contributed by atoms with Gasteiger partial charge in [0.25, 0.3) is 21.8 Å². The second kappa shape index (κ2) is 8.05. The van der Waals surface area contributed by atoms with E-state index in [2.05, 4.69) is 4.98 Å². The summed E-state index contributed by atoms with van der Waals surface area (Å²) < 4.78 is 66.8. The molecule has 4 aromatic rings. The maximum absolute atomic E-state index is 13.5. The van der Waals surface area contributed by atoms with Gasteiger partial charge in [0.05, 0.1) is 32.6 Å². The van der Waals surface area contributed by atoms with Crippen LogP contribution in [0.1, 0.15) is 32.1 Å². The van der Waals surface area contributed by atoms with Crippen LogP contribution in [0.3, 0.4) is 0 Å². The number of hydrogen-bond donors (Lipinski definition) is 0. The number of fused-ring (bicyclic) bond motifs is 2. The summed E-state index contributed by atoms with van der Waals surface area (Å²) in [5, 5.41) is 0. The predicted molar refractivity (Wildman–Crippen MR) is 119 cm³/mol. The molecule has 1 aliphatic heterocycles. The highest BCUT2D eigenvalue weighted by Crippen LogP contribution is 2.31. The van der Waals surface area contributed by atoms with Gasteiger partial charge in [-0.2, -0.15) is 13.2 Å². The van der Waals surface area contributed by atoms with Crippen LogP contribution in [0.5, 0.6) is 0 Å². The van der Waals surface area contributed by atoms with Gasteiger partial charge in [0.1, 0.15) is 5.82 Å². The van der Waals surface area contributed by atoms with Gasteiger partial charge < -0.3 is 0 Å². The van der Waals surface area contributed by atoms with Crippen LogP contribution in [0.2, 0.25) is 0 Å². The second-order valence-electron chi connectivity index (χ2n) is 7.87. The fourth-order valence-corrected chi connectivity index (χ4v) is 5.57. The smallest absolute Gasteiger partial charge is 0.274 e. The lowest BCUT2D eigenvalue weighted by molar-refractivity contribution is -0.137. The molecular weight excluding hydrogens is 483 g/mol. The summed E-state index contributed by atoms with van der Waals surface area (Å²) >= 11 is 0. The third kappa shape index (κ3) is 3.77. The number of alkyl halides is 3. The van der Waals surface area contributed by atoms with Crippen LogP contribution in [0.25, 0.3) is 11.0 Å². The fraction of sp³-hybridized carbons (Fsp3) is 0.125. The number of rotatable bonds is 5. The molecular formula is C24H16F3N3O4S. The summed E-state index contributed by atoms with van der Waals surface area (Å²) in [5.41, 5.74) is 0.134. The molecule has 11 heteroatoms. The number of imidazole rings is 1. The molecule has 0 fully saturated rings. The first-order valence-corrected chi connectivity index (χ1v) is 11.9. The minimum Gasteiger partial charge on any atom is -0.274 e. The molecule has 0 bridgehead atoms. The Morgan fingerprint density at radius 1 is 0.800 bits per heavy atom. The summed E-state index contributed by atoms with van der Waals surface area (Å²) in [6.45, 7) is -0.127. The van der Waals surface area contributed by atoms with Crippen molar-refractivity contribution in [2.45, 2.75) is 17.5 Å². The van der Waals surface area contributed by atoms with Gasteiger partial charge in [-0.15, -0.1) is 0 Å². The van der Waals surface area contributed by atoms with Crippen LogP contribution >= 0.6 is 0 Å². The topological polar surface area (TPSA) is 89.3 Å². The number of para-hydroxylation sites is 2. The lowest BCUT2D eigenvalue weighted by Crippen LogP contribution is -2.32. The Kier molecular flexibility index (Phi) is 5.24. The number of nitrogens with zero attached hydrogens (tertiary/aromatic N) is 3. The van der Waals surface area contributed by atoms with Crippen molar-refractivity contribution in [3.63, 3.8) is 0 Å². The zero-order valence-electron chi connectivity index (χ0n) is 17.9. The number of imide groups is 1. The van der Waals surface area contributed by atoms with Crippen molar-refractivity contribution in [3.8, 4) is 0 Å². The summed E-state index contributed by atoms with van der Waals surface area (Å²) in [4.78, 5) is 30.4. The number of aromatic nitrogens is 2. The zero-order chi connectivity index (χ0) is 25.0. The lowest BCUT2D eigenvalue weighted by atomic mass is 10.1. The van der Waals surface area contributed by atoms with Crippen LogP contribution in [0.4, 0.5) is 13.2 Å². The number of amides is 2. The van der Waals surface area contributed by atoms with E-state index in [4.69, 9.17) is 0 Å². The Bertz CT molecular complexity index is 1560. The number of halogens is 3. The molecule has 1 aliphatic rings. The van der Waals surface area contributed by atoms with E-state index >= 15 is 0 Å². The monoisotopic (exact) mass is 499 g/mol. The summed E-state index contributed by atoms with van der Waals surface area (Å²) in [5.74, 6) is -0.930. The lowest BCUT2D eigenvalue weighted by Gasteiger charge is -2.15. The van der Waals surface area contributed by atoms with E-state index in [1.165, 1.54) is 6.07 Å². The molecule has 7 nitrogen and oxygen atoms in total. The van der Waals surface area contributed by atoms with Gasteiger partial charge in [0.15, 0.2) is 0 Å². The highest BCUT2D eigenvalue weighted by atomic mass is 32.2. The quantitative estimate of drug-likeness (QED) is 0.385. The first-order chi connectivity index (χ1) is 16.6. The maximum Gasteiger partial charge on any atom is 0.416 e. The van der Waals surface area contributed by atoms with Crippen molar-refractivity contribution in [1.29, 1.82) is 0 Å². The van der Waals surface area contributed by atoms with Gasteiger partial charge in [-0.05, 0) is 48.5 Å². The van der Waals surface area contributed by atoms with E-state index < -0.39 is 33.6 Å². The van der Waals surface area contributed by atoms with Crippen LogP contribution < -0.4 is 0 Å². The van der Waals surface area contributed by atoms with E-state index in [1.807, 2.05) is 0 Å². The molecule has 3 aromatic carbocycles. The van der Waals surface area contributed by atoms with E-state index in [1.54, 1.807) is 42.5 Å². The normalized spacial score (nSPS) is 14.1. The second-order valence-corrected chi connectivity index (χ2v) is 9.65. The first kappa shape index (κ1) is 22.8. The molecule has 0 saturated heterocycles. The van der Waals surface area contributed by atoms with Gasteiger partial charge in [-0.3, -0.25) is 14.5 Å². The Labute approximate surface area is 197 Å². The largest absolute Gasteiger partial charge is 0.416 e. The zero-order valence-corrected chi connectivity index (χ0v) is 18.7. The van der Waals surface area contributed by atoms with E-state index in [-0.39, 0.29) is 40.3 Å². The van der Waals surface area contributed by atoms with E-state index in [9.17, 15) is 31.2 Å². The Morgan fingerprint density at radius 2 is 1.37 bits per heavy atom. The summed E-state index contributed by atoms with van der Waals surface area (Å²) in [7, 11) is -4.34. The third-order valence-corrected chi connectivity index (χ3v) is 7.50. The predicted octanol–water partition coefficient (Wildman–Crippen LogP) is 4.13. The molecule has 0 saturated carbocycles. The van der Waals surface area contributed by atoms with Gasteiger partial charge in [0.2, 0.25) is 0 Å². The van der Waals surface area contributed by atoms with Gasteiger partial charge in [-0.25, -0.2) is 17.4 Å². The van der Waals surface area contributed by atoms with Crippen LogP contribution in [-0.2, 0) is 22.6 Å². The fourth-order valence-electron chi connectivity index (χ4n) is 4.05. The Morgan fingerprint density at radius 3 is 1.97 bits per heavy atom. The number of hydrogen-bond acceptors (Lipinski definition) is 5. The molecule has 0 atom stereocenters. The number of carbonyl (C=O) groups excluding carboxylic acids is 2. The highest BCUT2D eigenvalue weighted by Gasteiger charge is 2.36. The Balaban J connectivity index is 1.52. The molecule has 178 valence electrons. The molecule has 35 heavy (non-hydrogen) atoms. The average molecular weight is 499 g/mol. The molecule has 0 unspecified atom stereocenters. The molecule has 0 aliphatic carbocycles. The molecule has 2 heterocycles. The van der Waals surface area contributed by atoms with Gasteiger partial charge >= 0.3 is 6.18 Å². The van der Waals surface area contributed by atoms with Crippen molar-refractivity contribution in [3.05, 3.63) is 95.3 Å². The minimum absolute atomic E-state index is 0.0441. The first-order valence-electron chi connectivity index (χ1n) is 10.4. The molecule has 0 radical (unpaired) electrons. The third-order valence-electron chi connectivity index (χ3n) is 5.74. The van der Waals surface area contributed by atoms with Crippen molar-refractivity contribution in [2.75, 3.05) is 6.54 Å². The standard InChI is InChI=1S/C24H16F3N3O4S/c25-24(26,27)15-9-11-16(12-10-15)35(33,34)30-20-8-4-3-7-19(20)28-21(30)13-14-29-22(31)17-5-1-2-6-18(17)23(29)32/h1-12H,13-14H2. The molecule has 5 rings (SSSR count). The Hall–Kier alpha value is -3.99. The summed E-state index contributed by atoms with van der Waals surface area (Å²) in [6.07, 6.45) is -4.69. The van der Waals surface area contributed by atoms with E-state index in [0.717, 1.165) is 21.0 Å². The van der Waals surface area contributed by atoms with Gasteiger partial charge in [0, 0.05) is 13.0 Å². The van der Waals surface area contributed by atoms with Crippen molar-refractivity contribution >= 4 is 32.9 Å². The van der Waals surface area contributed by atoms with Crippen molar-refractivity contribution in [2.24, 2.45) is 0 Å². The van der Waals surface area contributed by atoms with Crippen molar-refractivity contribution < 1.29 is 31.2 Å². The van der Waals surface area contributed by atoms with Crippen LogP contribution in [0.15, 0.2) is 77.7 Å². The molecule has 2 amide bonds. The summed E-state index contributed by atoms with van der Waals surface area (Å²) in [6, 6.07) is 15.9. The van der Waals surface area contributed by atoms with Crippen LogP contribution in [0, 0.1) is 0 Å².